The fraction of sp³-hybridized carbons (Fsp3) is 0.640. The fourth-order valence-electron chi connectivity index (χ4n) is 4.47. The normalized spacial score (nSPS) is 21.0. The first kappa shape index (κ1) is 26.8. The summed E-state index contributed by atoms with van der Waals surface area (Å²) in [6.07, 6.45) is 2.20. The highest BCUT2D eigenvalue weighted by molar-refractivity contribution is 7.13. The maximum atomic E-state index is 12.4. The molecule has 0 aliphatic carbocycles. The number of carbonyl (C=O) groups excluding carboxylic acids is 1. The number of ether oxygens (including phenoxy) is 3. The topological polar surface area (TPSA) is 73.8 Å². The van der Waals surface area contributed by atoms with Crippen LogP contribution in [0.2, 0.25) is 0 Å². The van der Waals surface area contributed by atoms with Crippen molar-refractivity contribution in [1.82, 2.24) is 14.9 Å². The number of alkyl halides is 3. The van der Waals surface area contributed by atoms with Crippen molar-refractivity contribution in [2.45, 2.75) is 57.7 Å². The van der Waals surface area contributed by atoms with Crippen LogP contribution in [0.1, 0.15) is 41.9 Å². The molecule has 0 unspecified atom stereocenters. The van der Waals surface area contributed by atoms with Crippen molar-refractivity contribution in [2.24, 2.45) is 5.92 Å². The summed E-state index contributed by atoms with van der Waals surface area (Å²) >= 11 is 1.22. The number of ketones is 1. The van der Waals surface area contributed by atoms with E-state index in [2.05, 4.69) is 14.9 Å². The van der Waals surface area contributed by atoms with Gasteiger partial charge in [0, 0.05) is 43.0 Å². The van der Waals surface area contributed by atoms with Gasteiger partial charge in [0.1, 0.15) is 12.4 Å². The number of fused-ring (bicyclic) bond motifs is 1. The average Bonchev–Trinajstić information content (AvgIpc) is 3.15. The molecular formula is C25H32F3N3O4S. The third kappa shape index (κ3) is 8.41. The fourth-order valence-corrected chi connectivity index (χ4v) is 5.42. The van der Waals surface area contributed by atoms with Gasteiger partial charge in [-0.25, -0.2) is 4.98 Å². The van der Waals surface area contributed by atoms with Crippen molar-refractivity contribution >= 4 is 17.1 Å². The van der Waals surface area contributed by atoms with Gasteiger partial charge in [0.15, 0.2) is 12.4 Å². The molecule has 2 atom stereocenters. The van der Waals surface area contributed by atoms with E-state index < -0.39 is 12.8 Å². The van der Waals surface area contributed by atoms with Crippen LogP contribution in [0.5, 0.6) is 10.9 Å². The highest BCUT2D eigenvalue weighted by Crippen LogP contribution is 2.30. The number of halogens is 3. The van der Waals surface area contributed by atoms with Gasteiger partial charge in [-0.3, -0.25) is 9.78 Å². The van der Waals surface area contributed by atoms with Crippen LogP contribution in [0.25, 0.3) is 0 Å². The van der Waals surface area contributed by atoms with Crippen LogP contribution in [0, 0.1) is 12.8 Å². The second-order valence-electron chi connectivity index (χ2n) is 9.45. The quantitative estimate of drug-likeness (QED) is 0.453. The van der Waals surface area contributed by atoms with Crippen molar-refractivity contribution in [3.8, 4) is 10.9 Å². The van der Waals surface area contributed by atoms with E-state index >= 15 is 0 Å². The Bertz CT molecular complexity index is 966. The molecule has 4 heterocycles. The minimum atomic E-state index is -4.36. The molecule has 0 aromatic carbocycles. The minimum absolute atomic E-state index is 0.0515. The summed E-state index contributed by atoms with van der Waals surface area (Å²) < 4.78 is 53.5. The standard InChI is InChI=1S/C25H32F3N3O4S/c1-17-2-4-21(13-29-17)34-15-19(32)12-18-3-5-20(33-14-18)6-9-31-10-7-22-23(8-11-31)36-24(30-22)35-16-25(26,27)28/h2,4,13,18,20H,3,5-12,14-16H2,1H3/t18-,20-/m1/s1. The Hall–Kier alpha value is -2.24. The minimum Gasteiger partial charge on any atom is -0.484 e. The van der Waals surface area contributed by atoms with Crippen LogP contribution in [0.15, 0.2) is 18.3 Å². The van der Waals surface area contributed by atoms with Gasteiger partial charge in [-0.05, 0) is 50.7 Å². The predicted octanol–water partition coefficient (Wildman–Crippen LogP) is 4.41. The monoisotopic (exact) mass is 527 g/mol. The Morgan fingerprint density at radius 1 is 1.22 bits per heavy atom. The zero-order chi connectivity index (χ0) is 25.5. The summed E-state index contributed by atoms with van der Waals surface area (Å²) in [5.41, 5.74) is 1.75. The summed E-state index contributed by atoms with van der Waals surface area (Å²) in [4.78, 5) is 24.1. The molecule has 1 saturated heterocycles. The van der Waals surface area contributed by atoms with Gasteiger partial charge in [0.05, 0.1) is 24.6 Å². The molecule has 36 heavy (non-hydrogen) atoms. The first-order valence-corrected chi connectivity index (χ1v) is 13.1. The predicted molar refractivity (Wildman–Crippen MR) is 129 cm³/mol. The largest absolute Gasteiger partial charge is 0.484 e. The van der Waals surface area contributed by atoms with Gasteiger partial charge in [0.25, 0.3) is 5.19 Å². The lowest BCUT2D eigenvalue weighted by molar-refractivity contribution is -0.153. The Labute approximate surface area is 213 Å². The molecule has 2 aromatic rings. The smallest absolute Gasteiger partial charge is 0.422 e. The number of nitrogens with zero attached hydrogens (tertiary/aromatic N) is 3. The molecule has 1 fully saturated rings. The first-order chi connectivity index (χ1) is 17.2. The molecule has 0 bridgehead atoms. The van der Waals surface area contributed by atoms with Crippen LogP contribution in [-0.2, 0) is 22.4 Å². The van der Waals surface area contributed by atoms with Crippen LogP contribution in [0.4, 0.5) is 13.2 Å². The van der Waals surface area contributed by atoms with E-state index in [1.54, 1.807) is 6.20 Å². The zero-order valence-electron chi connectivity index (χ0n) is 20.4. The SMILES string of the molecule is Cc1ccc(OCC(=O)C[C@H]2CC[C@H](CCN3CCc4nc(OCC(F)(F)F)sc4CC3)OC2)cn1. The molecule has 7 nitrogen and oxygen atoms in total. The molecule has 2 aromatic heterocycles. The molecule has 0 amide bonds. The number of carbonyl (C=O) groups is 1. The first-order valence-electron chi connectivity index (χ1n) is 12.3. The van der Waals surface area contributed by atoms with E-state index in [0.717, 1.165) is 61.6 Å². The van der Waals surface area contributed by atoms with Crippen molar-refractivity contribution in [1.29, 1.82) is 0 Å². The molecule has 0 radical (unpaired) electrons. The van der Waals surface area contributed by atoms with E-state index in [-0.39, 0.29) is 29.6 Å². The number of hydrogen-bond donors (Lipinski definition) is 0. The molecule has 198 valence electrons. The van der Waals surface area contributed by atoms with Crippen LogP contribution in [0.3, 0.4) is 0 Å². The Kier molecular flexibility index (Phi) is 9.19. The summed E-state index contributed by atoms with van der Waals surface area (Å²) in [5.74, 6) is 0.895. The van der Waals surface area contributed by atoms with Crippen molar-refractivity contribution < 1.29 is 32.2 Å². The van der Waals surface area contributed by atoms with E-state index in [9.17, 15) is 18.0 Å². The second-order valence-corrected chi connectivity index (χ2v) is 10.5. The molecule has 0 saturated carbocycles. The maximum absolute atomic E-state index is 12.4. The lowest BCUT2D eigenvalue weighted by Crippen LogP contribution is -2.33. The number of aromatic nitrogens is 2. The molecular weight excluding hydrogens is 495 g/mol. The summed E-state index contributed by atoms with van der Waals surface area (Å²) in [7, 11) is 0. The number of Topliss-reactive ketones (excluding diaryl/α,β-unsaturated/α-hetero) is 1. The molecule has 11 heteroatoms. The van der Waals surface area contributed by atoms with Gasteiger partial charge in [-0.1, -0.05) is 11.3 Å². The van der Waals surface area contributed by atoms with Crippen LogP contribution in [-0.4, -0.2) is 72.4 Å². The summed E-state index contributed by atoms with van der Waals surface area (Å²) in [5, 5.41) is 0.105. The third-order valence-corrected chi connectivity index (χ3v) is 7.54. The number of aryl methyl sites for hydroxylation is 1. The molecule has 4 rings (SSSR count). The Morgan fingerprint density at radius 2 is 2.06 bits per heavy atom. The lowest BCUT2D eigenvalue weighted by atomic mass is 9.93. The molecule has 2 aliphatic heterocycles. The van der Waals surface area contributed by atoms with E-state index in [4.69, 9.17) is 14.2 Å². The highest BCUT2D eigenvalue weighted by Gasteiger charge is 2.30. The third-order valence-electron chi connectivity index (χ3n) is 6.47. The van der Waals surface area contributed by atoms with Crippen molar-refractivity contribution in [3.63, 3.8) is 0 Å². The van der Waals surface area contributed by atoms with Crippen LogP contribution >= 0.6 is 11.3 Å². The van der Waals surface area contributed by atoms with Gasteiger partial charge < -0.3 is 19.1 Å². The summed E-state index contributed by atoms with van der Waals surface area (Å²) in [6.45, 7) is 3.79. The van der Waals surface area contributed by atoms with E-state index in [0.29, 0.717) is 25.2 Å². The van der Waals surface area contributed by atoms with E-state index in [1.165, 1.54) is 11.3 Å². The Morgan fingerprint density at radius 3 is 2.78 bits per heavy atom. The lowest BCUT2D eigenvalue weighted by Gasteiger charge is -2.30. The number of thiazole rings is 1. The van der Waals surface area contributed by atoms with Gasteiger partial charge >= 0.3 is 6.18 Å². The van der Waals surface area contributed by atoms with Gasteiger partial charge in [-0.15, -0.1) is 0 Å². The summed E-state index contributed by atoms with van der Waals surface area (Å²) in [6, 6.07) is 3.67. The number of hydrogen-bond acceptors (Lipinski definition) is 8. The van der Waals surface area contributed by atoms with Crippen molar-refractivity contribution in [3.05, 3.63) is 34.6 Å². The number of pyridine rings is 1. The van der Waals surface area contributed by atoms with E-state index in [1.807, 2.05) is 19.1 Å². The zero-order valence-corrected chi connectivity index (χ0v) is 21.2. The Balaban J connectivity index is 1.11. The van der Waals surface area contributed by atoms with Gasteiger partial charge in [0.2, 0.25) is 0 Å². The van der Waals surface area contributed by atoms with Gasteiger partial charge in [-0.2, -0.15) is 13.2 Å². The molecule has 0 spiro atoms. The highest BCUT2D eigenvalue weighted by atomic mass is 32.1. The van der Waals surface area contributed by atoms with Crippen LogP contribution < -0.4 is 9.47 Å². The second kappa shape index (κ2) is 12.3. The molecule has 0 N–H and O–H groups in total. The van der Waals surface area contributed by atoms with Crippen molar-refractivity contribution in [2.75, 3.05) is 39.5 Å². The average molecular weight is 528 g/mol. The number of rotatable bonds is 10. The maximum Gasteiger partial charge on any atom is 0.422 e. The molecule has 2 aliphatic rings.